The van der Waals surface area contributed by atoms with Crippen LogP contribution in [0.1, 0.15) is 13.8 Å². The van der Waals surface area contributed by atoms with Gasteiger partial charge in [-0.1, -0.05) is 0 Å². The van der Waals surface area contributed by atoms with Gasteiger partial charge in [0.25, 0.3) is 0 Å². The number of carbonyl (C=O) groups excluding carboxylic acids is 1. The van der Waals surface area contributed by atoms with E-state index >= 15 is 0 Å². The third-order valence-electron chi connectivity index (χ3n) is 2.35. The number of hydrogen-bond acceptors (Lipinski definition) is 3. The Morgan fingerprint density at radius 1 is 1.31 bits per heavy atom. The third-order valence-corrected chi connectivity index (χ3v) is 2.35. The molecule has 1 aromatic rings. The standard InChI is InChI=1S/C12H19N3O/c1-3-14-12(16)9-15(4-2)11-7-5-10(13)6-8-11/h5-8H,3-4,9,13H2,1-2H3,(H,14,16). The fourth-order valence-electron chi connectivity index (χ4n) is 1.50. The lowest BCUT2D eigenvalue weighted by molar-refractivity contribution is -0.119. The van der Waals surface area contributed by atoms with Crippen molar-refractivity contribution in [1.29, 1.82) is 0 Å². The number of likely N-dealkylation sites (N-methyl/N-ethyl adjacent to an activating group) is 2. The van der Waals surface area contributed by atoms with Gasteiger partial charge < -0.3 is 16.0 Å². The quantitative estimate of drug-likeness (QED) is 0.735. The summed E-state index contributed by atoms with van der Waals surface area (Å²) in [5.74, 6) is 0.0428. The molecule has 1 aromatic carbocycles. The molecule has 0 aromatic heterocycles. The summed E-state index contributed by atoms with van der Waals surface area (Å²) in [6.07, 6.45) is 0. The number of carbonyl (C=O) groups is 1. The summed E-state index contributed by atoms with van der Waals surface area (Å²) in [6, 6.07) is 7.54. The lowest BCUT2D eigenvalue weighted by Crippen LogP contribution is -2.37. The topological polar surface area (TPSA) is 58.4 Å². The number of nitrogens with one attached hydrogen (secondary N) is 1. The van der Waals surface area contributed by atoms with Gasteiger partial charge in [0.1, 0.15) is 0 Å². The molecule has 0 aliphatic rings. The minimum atomic E-state index is 0.0428. The van der Waals surface area contributed by atoms with Crippen molar-refractivity contribution < 1.29 is 4.79 Å². The third kappa shape index (κ3) is 3.46. The normalized spacial score (nSPS) is 9.88. The first-order valence-electron chi connectivity index (χ1n) is 5.54. The maximum Gasteiger partial charge on any atom is 0.239 e. The smallest absolute Gasteiger partial charge is 0.239 e. The summed E-state index contributed by atoms with van der Waals surface area (Å²) in [7, 11) is 0. The molecular weight excluding hydrogens is 202 g/mol. The summed E-state index contributed by atoms with van der Waals surface area (Å²) < 4.78 is 0. The Morgan fingerprint density at radius 2 is 1.94 bits per heavy atom. The van der Waals surface area contributed by atoms with Crippen molar-refractivity contribution in [2.45, 2.75) is 13.8 Å². The molecule has 4 heteroatoms. The molecule has 0 saturated heterocycles. The van der Waals surface area contributed by atoms with Crippen LogP contribution in [0.3, 0.4) is 0 Å². The average molecular weight is 221 g/mol. The molecule has 0 fully saturated rings. The van der Waals surface area contributed by atoms with Crippen molar-refractivity contribution in [1.82, 2.24) is 5.32 Å². The van der Waals surface area contributed by atoms with Crippen molar-refractivity contribution in [3.8, 4) is 0 Å². The van der Waals surface area contributed by atoms with E-state index in [9.17, 15) is 4.79 Å². The largest absolute Gasteiger partial charge is 0.399 e. The molecule has 0 aliphatic carbocycles. The molecule has 0 bridgehead atoms. The van der Waals surface area contributed by atoms with Crippen LogP contribution in [0, 0.1) is 0 Å². The highest BCUT2D eigenvalue weighted by molar-refractivity contribution is 5.81. The van der Waals surface area contributed by atoms with Gasteiger partial charge in [0.05, 0.1) is 6.54 Å². The first-order valence-corrected chi connectivity index (χ1v) is 5.54. The second-order valence-corrected chi connectivity index (χ2v) is 3.56. The molecule has 1 rings (SSSR count). The van der Waals surface area contributed by atoms with Crippen molar-refractivity contribution >= 4 is 17.3 Å². The van der Waals surface area contributed by atoms with Crippen molar-refractivity contribution in [2.24, 2.45) is 0 Å². The number of amides is 1. The summed E-state index contributed by atoms with van der Waals surface area (Å²) in [4.78, 5) is 13.5. The predicted octanol–water partition coefficient (Wildman–Crippen LogP) is 1.23. The molecule has 16 heavy (non-hydrogen) atoms. The predicted molar refractivity (Wildman–Crippen MR) is 67.4 cm³/mol. The van der Waals surface area contributed by atoms with Crippen molar-refractivity contribution in [2.75, 3.05) is 30.3 Å². The highest BCUT2D eigenvalue weighted by Gasteiger charge is 2.08. The van der Waals surface area contributed by atoms with Crippen LogP contribution < -0.4 is 16.0 Å². The first kappa shape index (κ1) is 12.4. The fraction of sp³-hybridized carbons (Fsp3) is 0.417. The lowest BCUT2D eigenvalue weighted by atomic mass is 10.2. The average Bonchev–Trinajstić information content (AvgIpc) is 2.27. The Hall–Kier alpha value is -1.71. The second-order valence-electron chi connectivity index (χ2n) is 3.56. The van der Waals surface area contributed by atoms with Crippen LogP contribution in [0.5, 0.6) is 0 Å². The Bertz CT molecular complexity index is 335. The van der Waals surface area contributed by atoms with E-state index in [1.807, 2.05) is 43.0 Å². The molecule has 0 atom stereocenters. The zero-order chi connectivity index (χ0) is 12.0. The van der Waals surface area contributed by atoms with E-state index in [-0.39, 0.29) is 5.91 Å². The molecule has 0 radical (unpaired) electrons. The number of benzene rings is 1. The summed E-state index contributed by atoms with van der Waals surface area (Å²) in [6.45, 7) is 5.78. The van der Waals surface area contributed by atoms with Gasteiger partial charge in [0.15, 0.2) is 0 Å². The summed E-state index contributed by atoms with van der Waals surface area (Å²) in [5, 5.41) is 2.79. The van der Waals surface area contributed by atoms with Gasteiger partial charge in [0, 0.05) is 24.5 Å². The highest BCUT2D eigenvalue weighted by Crippen LogP contribution is 2.15. The number of hydrogen-bond donors (Lipinski definition) is 2. The van der Waals surface area contributed by atoms with Gasteiger partial charge in [0.2, 0.25) is 5.91 Å². The van der Waals surface area contributed by atoms with E-state index in [1.54, 1.807) is 0 Å². The number of anilines is 2. The molecule has 0 heterocycles. The molecule has 0 saturated carbocycles. The minimum Gasteiger partial charge on any atom is -0.399 e. The molecular formula is C12H19N3O. The fourth-order valence-corrected chi connectivity index (χ4v) is 1.50. The first-order chi connectivity index (χ1) is 7.67. The number of rotatable bonds is 5. The number of nitrogens with two attached hydrogens (primary N) is 1. The monoisotopic (exact) mass is 221 g/mol. The van der Waals surface area contributed by atoms with E-state index in [0.29, 0.717) is 13.1 Å². The van der Waals surface area contributed by atoms with Crippen molar-refractivity contribution in [3.63, 3.8) is 0 Å². The van der Waals surface area contributed by atoms with Gasteiger partial charge >= 0.3 is 0 Å². The number of nitrogens with zero attached hydrogens (tertiary/aromatic N) is 1. The van der Waals surface area contributed by atoms with E-state index in [4.69, 9.17) is 5.73 Å². The maximum absolute atomic E-state index is 11.5. The lowest BCUT2D eigenvalue weighted by Gasteiger charge is -2.22. The van der Waals surface area contributed by atoms with E-state index < -0.39 is 0 Å². The van der Waals surface area contributed by atoms with Gasteiger partial charge in [-0.2, -0.15) is 0 Å². The van der Waals surface area contributed by atoms with Crippen LogP contribution in [-0.2, 0) is 4.79 Å². The molecule has 1 amide bonds. The Labute approximate surface area is 96.4 Å². The molecule has 4 nitrogen and oxygen atoms in total. The molecule has 0 aliphatic heterocycles. The Morgan fingerprint density at radius 3 is 2.44 bits per heavy atom. The van der Waals surface area contributed by atoms with Crippen LogP contribution >= 0.6 is 0 Å². The van der Waals surface area contributed by atoms with E-state index in [2.05, 4.69) is 5.32 Å². The summed E-state index contributed by atoms with van der Waals surface area (Å²) in [5.41, 5.74) is 7.37. The Kier molecular flexibility index (Phi) is 4.64. The summed E-state index contributed by atoms with van der Waals surface area (Å²) >= 11 is 0. The maximum atomic E-state index is 11.5. The molecule has 0 unspecified atom stereocenters. The zero-order valence-electron chi connectivity index (χ0n) is 9.86. The Balaban J connectivity index is 2.67. The zero-order valence-corrected chi connectivity index (χ0v) is 9.86. The van der Waals surface area contributed by atoms with Gasteiger partial charge in [-0.3, -0.25) is 4.79 Å². The van der Waals surface area contributed by atoms with E-state index in [1.165, 1.54) is 0 Å². The van der Waals surface area contributed by atoms with Crippen LogP contribution in [0.15, 0.2) is 24.3 Å². The second kappa shape index (κ2) is 6.00. The van der Waals surface area contributed by atoms with Crippen LogP contribution in [0.2, 0.25) is 0 Å². The van der Waals surface area contributed by atoms with Crippen LogP contribution in [0.4, 0.5) is 11.4 Å². The molecule has 3 N–H and O–H groups in total. The van der Waals surface area contributed by atoms with Crippen molar-refractivity contribution in [3.05, 3.63) is 24.3 Å². The van der Waals surface area contributed by atoms with Crippen LogP contribution in [0.25, 0.3) is 0 Å². The molecule has 0 spiro atoms. The number of nitrogen functional groups attached to an aromatic ring is 1. The van der Waals surface area contributed by atoms with Crippen LogP contribution in [-0.4, -0.2) is 25.5 Å². The SMILES string of the molecule is CCNC(=O)CN(CC)c1ccc(N)cc1. The van der Waals surface area contributed by atoms with Gasteiger partial charge in [-0.25, -0.2) is 0 Å². The van der Waals surface area contributed by atoms with Gasteiger partial charge in [-0.15, -0.1) is 0 Å². The molecule has 88 valence electrons. The van der Waals surface area contributed by atoms with E-state index in [0.717, 1.165) is 17.9 Å². The highest BCUT2D eigenvalue weighted by atomic mass is 16.2. The minimum absolute atomic E-state index is 0.0428. The van der Waals surface area contributed by atoms with Gasteiger partial charge in [-0.05, 0) is 38.1 Å².